The van der Waals surface area contributed by atoms with E-state index in [1.165, 1.54) is 40.7 Å². The number of anilines is 1. The highest BCUT2D eigenvalue weighted by Gasteiger charge is 2.20. The van der Waals surface area contributed by atoms with Crippen molar-refractivity contribution in [2.75, 3.05) is 31.9 Å². The second-order valence-electron chi connectivity index (χ2n) is 8.74. The molecule has 0 amide bonds. The molecule has 3 aromatic rings. The highest BCUT2D eigenvalue weighted by atomic mass is 16.7. The first-order chi connectivity index (χ1) is 16.1. The third-order valence-corrected chi connectivity index (χ3v) is 6.44. The van der Waals surface area contributed by atoms with Gasteiger partial charge in [0.1, 0.15) is 12.4 Å². The van der Waals surface area contributed by atoms with Crippen molar-refractivity contribution in [1.29, 1.82) is 0 Å². The minimum atomic E-state index is 0.226. The molecule has 1 saturated heterocycles. The van der Waals surface area contributed by atoms with Crippen molar-refractivity contribution in [1.82, 2.24) is 4.98 Å². The number of rotatable bonds is 9. The zero-order valence-electron chi connectivity index (χ0n) is 20.2. The van der Waals surface area contributed by atoms with Crippen LogP contribution in [-0.2, 0) is 17.8 Å². The van der Waals surface area contributed by atoms with E-state index in [2.05, 4.69) is 49.9 Å². The number of nitrogens with zero attached hydrogens (tertiary/aromatic N) is 2. The lowest BCUT2D eigenvalue weighted by Crippen LogP contribution is -2.21. The summed E-state index contributed by atoms with van der Waals surface area (Å²) in [6.45, 7) is 9.32. The topological polar surface area (TPSA) is 43.8 Å². The van der Waals surface area contributed by atoms with Gasteiger partial charge in [0, 0.05) is 32.3 Å². The predicted molar refractivity (Wildman–Crippen MR) is 132 cm³/mol. The molecule has 0 spiro atoms. The Hall–Kier alpha value is -3.05. The number of ether oxygens (including phenoxy) is 3. The maximum absolute atomic E-state index is 6.18. The predicted octanol–water partition coefficient (Wildman–Crippen LogP) is 5.76. The summed E-state index contributed by atoms with van der Waals surface area (Å²) in [5, 5.41) is 0. The fourth-order valence-corrected chi connectivity index (χ4v) is 4.40. The molecule has 0 atom stereocenters. The van der Waals surface area contributed by atoms with Crippen LogP contribution in [0.4, 0.5) is 5.82 Å². The van der Waals surface area contributed by atoms with Crippen LogP contribution in [0.15, 0.2) is 48.5 Å². The Labute approximate surface area is 197 Å². The summed E-state index contributed by atoms with van der Waals surface area (Å²) < 4.78 is 17.1. The van der Waals surface area contributed by atoms with Gasteiger partial charge in [0.25, 0.3) is 0 Å². The lowest BCUT2D eigenvalue weighted by molar-refractivity contribution is 0.0512. The largest absolute Gasteiger partial charge is 0.489 e. The molecule has 0 saturated carbocycles. The van der Waals surface area contributed by atoms with E-state index in [-0.39, 0.29) is 6.79 Å². The van der Waals surface area contributed by atoms with Crippen LogP contribution in [0.2, 0.25) is 0 Å². The van der Waals surface area contributed by atoms with E-state index in [9.17, 15) is 0 Å². The van der Waals surface area contributed by atoms with Crippen molar-refractivity contribution >= 4 is 5.82 Å². The molecule has 2 aromatic carbocycles. The SMILES string of the molecule is COCOc1ccc(Cc2c(C)cc(OCc3ccccc3)c(C)c2C)nc1N1CCCC1. The van der Waals surface area contributed by atoms with Crippen molar-refractivity contribution < 1.29 is 14.2 Å². The highest BCUT2D eigenvalue weighted by Crippen LogP contribution is 2.33. The molecule has 33 heavy (non-hydrogen) atoms. The Kier molecular flexibility index (Phi) is 7.50. The molecule has 1 aliphatic heterocycles. The minimum Gasteiger partial charge on any atom is -0.489 e. The Morgan fingerprint density at radius 3 is 2.36 bits per heavy atom. The van der Waals surface area contributed by atoms with Crippen LogP contribution >= 0.6 is 0 Å². The van der Waals surface area contributed by atoms with Gasteiger partial charge in [-0.05, 0) is 79.6 Å². The average Bonchev–Trinajstić information content (AvgIpc) is 3.38. The number of aromatic nitrogens is 1. The number of aryl methyl sites for hydroxylation is 1. The molecule has 1 aromatic heterocycles. The maximum Gasteiger partial charge on any atom is 0.188 e. The summed E-state index contributed by atoms with van der Waals surface area (Å²) in [7, 11) is 1.64. The molecule has 0 aliphatic carbocycles. The number of methoxy groups -OCH3 is 1. The monoisotopic (exact) mass is 446 g/mol. The van der Waals surface area contributed by atoms with Gasteiger partial charge in [-0.15, -0.1) is 0 Å². The Morgan fingerprint density at radius 1 is 0.879 bits per heavy atom. The first kappa shape index (κ1) is 23.1. The lowest BCUT2D eigenvalue weighted by Gasteiger charge is -2.21. The van der Waals surface area contributed by atoms with E-state index in [0.717, 1.165) is 42.5 Å². The van der Waals surface area contributed by atoms with Crippen LogP contribution in [0.25, 0.3) is 0 Å². The van der Waals surface area contributed by atoms with E-state index in [1.807, 2.05) is 24.3 Å². The number of pyridine rings is 1. The smallest absolute Gasteiger partial charge is 0.188 e. The third-order valence-electron chi connectivity index (χ3n) is 6.44. The van der Waals surface area contributed by atoms with Gasteiger partial charge in [-0.2, -0.15) is 0 Å². The highest BCUT2D eigenvalue weighted by molar-refractivity contribution is 5.55. The van der Waals surface area contributed by atoms with Crippen molar-refractivity contribution in [3.63, 3.8) is 0 Å². The minimum absolute atomic E-state index is 0.226. The zero-order chi connectivity index (χ0) is 23.2. The Balaban J connectivity index is 1.56. The van der Waals surface area contributed by atoms with Crippen molar-refractivity contribution in [2.45, 2.75) is 46.6 Å². The summed E-state index contributed by atoms with van der Waals surface area (Å²) in [6.07, 6.45) is 3.16. The average molecular weight is 447 g/mol. The van der Waals surface area contributed by atoms with Gasteiger partial charge < -0.3 is 19.1 Å². The molecule has 2 heterocycles. The number of hydrogen-bond donors (Lipinski definition) is 0. The normalized spacial score (nSPS) is 13.4. The molecule has 1 fully saturated rings. The molecule has 0 N–H and O–H groups in total. The Morgan fingerprint density at radius 2 is 1.64 bits per heavy atom. The zero-order valence-corrected chi connectivity index (χ0v) is 20.2. The van der Waals surface area contributed by atoms with E-state index < -0.39 is 0 Å². The molecule has 0 bridgehead atoms. The Bertz CT molecular complexity index is 1080. The van der Waals surface area contributed by atoms with Gasteiger partial charge in [0.2, 0.25) is 0 Å². The fraction of sp³-hybridized carbons (Fsp3) is 0.393. The molecule has 5 nitrogen and oxygen atoms in total. The van der Waals surface area contributed by atoms with E-state index in [1.54, 1.807) is 7.11 Å². The lowest BCUT2D eigenvalue weighted by atomic mass is 9.94. The van der Waals surface area contributed by atoms with Gasteiger partial charge in [-0.3, -0.25) is 0 Å². The van der Waals surface area contributed by atoms with E-state index in [0.29, 0.717) is 6.61 Å². The summed E-state index contributed by atoms with van der Waals surface area (Å²) in [4.78, 5) is 7.35. The van der Waals surface area contributed by atoms with Crippen LogP contribution in [0.1, 0.15) is 46.4 Å². The molecule has 0 radical (unpaired) electrons. The van der Waals surface area contributed by atoms with Gasteiger partial charge in [0.15, 0.2) is 18.4 Å². The quantitative estimate of drug-likeness (QED) is 0.391. The molecule has 4 rings (SSSR count). The standard InChI is InChI=1S/C28H34N2O3/c1-20-16-27(32-18-23-10-6-5-7-11-23)22(3)21(2)25(20)17-24-12-13-26(33-19-31-4)28(29-24)30-14-8-9-15-30/h5-7,10-13,16H,8-9,14-15,17-19H2,1-4H3. The van der Waals surface area contributed by atoms with Gasteiger partial charge in [0.05, 0.1) is 0 Å². The van der Waals surface area contributed by atoms with Gasteiger partial charge >= 0.3 is 0 Å². The second-order valence-corrected chi connectivity index (χ2v) is 8.74. The molecule has 1 aliphatic rings. The van der Waals surface area contributed by atoms with Crippen molar-refractivity contribution in [3.05, 3.63) is 82.0 Å². The van der Waals surface area contributed by atoms with Crippen LogP contribution in [-0.4, -0.2) is 32.0 Å². The maximum atomic E-state index is 6.18. The molecule has 174 valence electrons. The van der Waals surface area contributed by atoms with Crippen molar-refractivity contribution in [2.24, 2.45) is 0 Å². The summed E-state index contributed by atoms with van der Waals surface area (Å²) in [6, 6.07) is 16.6. The van der Waals surface area contributed by atoms with Crippen LogP contribution in [0, 0.1) is 20.8 Å². The van der Waals surface area contributed by atoms with E-state index >= 15 is 0 Å². The van der Waals surface area contributed by atoms with E-state index in [4.69, 9.17) is 19.2 Å². The number of benzene rings is 2. The van der Waals surface area contributed by atoms with Crippen molar-refractivity contribution in [3.8, 4) is 11.5 Å². The van der Waals surface area contributed by atoms with Crippen LogP contribution < -0.4 is 14.4 Å². The van der Waals surface area contributed by atoms with Crippen LogP contribution in [0.5, 0.6) is 11.5 Å². The van der Waals surface area contributed by atoms with Gasteiger partial charge in [-0.25, -0.2) is 4.98 Å². The summed E-state index contributed by atoms with van der Waals surface area (Å²) in [5.74, 6) is 2.67. The first-order valence-corrected chi connectivity index (χ1v) is 11.7. The molecule has 5 heteroatoms. The fourth-order valence-electron chi connectivity index (χ4n) is 4.40. The summed E-state index contributed by atoms with van der Waals surface area (Å²) >= 11 is 0. The first-order valence-electron chi connectivity index (χ1n) is 11.7. The molecular formula is C28H34N2O3. The number of hydrogen-bond acceptors (Lipinski definition) is 5. The van der Waals surface area contributed by atoms with Crippen LogP contribution in [0.3, 0.4) is 0 Å². The summed E-state index contributed by atoms with van der Waals surface area (Å²) in [5.41, 5.74) is 7.21. The molecular weight excluding hydrogens is 412 g/mol. The molecule has 0 unspecified atom stereocenters. The third kappa shape index (κ3) is 5.48. The van der Waals surface area contributed by atoms with Gasteiger partial charge in [-0.1, -0.05) is 30.3 Å². The second kappa shape index (κ2) is 10.7.